The predicted octanol–water partition coefficient (Wildman–Crippen LogP) is 3.64. The molecule has 2 aliphatic heterocycles. The van der Waals surface area contributed by atoms with Gasteiger partial charge in [-0.2, -0.15) is 0 Å². The third kappa shape index (κ3) is 4.68. The lowest BCUT2D eigenvalue weighted by atomic mass is 9.94. The fourth-order valence-corrected chi connectivity index (χ4v) is 5.27. The zero-order valence-corrected chi connectivity index (χ0v) is 17.7. The van der Waals surface area contributed by atoms with E-state index in [0.717, 1.165) is 64.3 Å². The Labute approximate surface area is 179 Å². The van der Waals surface area contributed by atoms with E-state index < -0.39 is 6.04 Å². The van der Waals surface area contributed by atoms with Crippen molar-refractivity contribution in [1.82, 2.24) is 15.1 Å². The fraction of sp³-hybridized carbons (Fsp3) is 0.625. The van der Waals surface area contributed by atoms with E-state index in [-0.39, 0.29) is 36.3 Å². The van der Waals surface area contributed by atoms with Gasteiger partial charge in [0.2, 0.25) is 5.91 Å². The molecule has 30 heavy (non-hydrogen) atoms. The van der Waals surface area contributed by atoms with Crippen LogP contribution >= 0.6 is 0 Å². The van der Waals surface area contributed by atoms with Gasteiger partial charge in [-0.1, -0.05) is 49.6 Å². The van der Waals surface area contributed by atoms with Crippen LogP contribution in [0, 0.1) is 0 Å². The van der Waals surface area contributed by atoms with Gasteiger partial charge in [0, 0.05) is 18.6 Å². The molecule has 1 aromatic rings. The summed E-state index contributed by atoms with van der Waals surface area (Å²) in [4.78, 5) is 41.8. The Morgan fingerprint density at radius 2 is 1.70 bits per heavy atom. The van der Waals surface area contributed by atoms with Crippen molar-refractivity contribution in [3.05, 3.63) is 35.9 Å². The van der Waals surface area contributed by atoms with Gasteiger partial charge in [-0.3, -0.25) is 14.5 Å². The molecule has 0 spiro atoms. The van der Waals surface area contributed by atoms with Crippen LogP contribution in [-0.4, -0.2) is 52.3 Å². The molecule has 1 saturated carbocycles. The molecule has 162 valence electrons. The van der Waals surface area contributed by atoms with Gasteiger partial charge >= 0.3 is 6.03 Å². The number of hydrogen-bond donors (Lipinski definition) is 1. The molecule has 2 atom stereocenters. The maximum Gasteiger partial charge on any atom is 0.325 e. The number of urea groups is 1. The first-order valence-electron chi connectivity index (χ1n) is 11.6. The number of carbonyl (C=O) groups is 3. The molecular weight excluding hydrogens is 378 g/mol. The van der Waals surface area contributed by atoms with Crippen molar-refractivity contribution in [2.75, 3.05) is 6.54 Å². The van der Waals surface area contributed by atoms with Crippen molar-refractivity contribution in [2.45, 2.75) is 88.8 Å². The molecule has 6 nitrogen and oxygen atoms in total. The SMILES string of the molecule is O=C1N[C@@H](CC(=O)N2CCCC[C@H]2CCc2ccccc2)C(=O)N1C1CCCCC1. The minimum Gasteiger partial charge on any atom is -0.340 e. The summed E-state index contributed by atoms with van der Waals surface area (Å²) in [6.45, 7) is 0.749. The van der Waals surface area contributed by atoms with Gasteiger partial charge in [0.05, 0.1) is 6.42 Å². The molecule has 0 bridgehead atoms. The topological polar surface area (TPSA) is 69.7 Å². The Morgan fingerprint density at radius 3 is 2.47 bits per heavy atom. The standard InChI is InChI=1S/C24H33N3O3/c28-22(17-21-23(29)27(24(30)25-21)20-12-5-2-6-13-20)26-16-8-7-11-19(26)15-14-18-9-3-1-4-10-18/h1,3-4,9-10,19-21H,2,5-8,11-17H2,(H,25,30)/t19-,21-/m0/s1. The van der Waals surface area contributed by atoms with Gasteiger partial charge in [-0.15, -0.1) is 0 Å². The Balaban J connectivity index is 1.35. The average molecular weight is 412 g/mol. The highest BCUT2D eigenvalue weighted by Crippen LogP contribution is 2.27. The van der Waals surface area contributed by atoms with Gasteiger partial charge in [0.1, 0.15) is 6.04 Å². The third-order valence-electron chi connectivity index (χ3n) is 6.93. The van der Waals surface area contributed by atoms with E-state index in [4.69, 9.17) is 0 Å². The first-order valence-corrected chi connectivity index (χ1v) is 11.6. The molecule has 2 heterocycles. The molecule has 1 aromatic carbocycles. The summed E-state index contributed by atoms with van der Waals surface area (Å²) in [5.41, 5.74) is 1.29. The van der Waals surface area contributed by atoms with Gasteiger partial charge in [0.15, 0.2) is 0 Å². The number of carbonyl (C=O) groups excluding carboxylic acids is 3. The van der Waals surface area contributed by atoms with Gasteiger partial charge in [-0.25, -0.2) is 4.79 Å². The lowest BCUT2D eigenvalue weighted by Gasteiger charge is -2.36. The normalized spacial score (nSPS) is 25.5. The van der Waals surface area contributed by atoms with E-state index in [1.165, 1.54) is 16.9 Å². The lowest BCUT2D eigenvalue weighted by molar-refractivity contribution is -0.139. The molecule has 1 N–H and O–H groups in total. The molecule has 0 unspecified atom stereocenters. The highest BCUT2D eigenvalue weighted by molar-refractivity contribution is 6.06. The maximum absolute atomic E-state index is 13.1. The number of rotatable bonds is 6. The summed E-state index contributed by atoms with van der Waals surface area (Å²) in [6, 6.07) is 9.56. The van der Waals surface area contributed by atoms with Crippen LogP contribution in [0.5, 0.6) is 0 Å². The Kier molecular flexibility index (Phi) is 6.70. The summed E-state index contributed by atoms with van der Waals surface area (Å²) in [7, 11) is 0. The van der Waals surface area contributed by atoms with Gasteiger partial charge < -0.3 is 10.2 Å². The Hall–Kier alpha value is -2.37. The minimum atomic E-state index is -0.705. The molecule has 4 amide bonds. The summed E-state index contributed by atoms with van der Waals surface area (Å²) in [5.74, 6) is -0.213. The van der Waals surface area contributed by atoms with E-state index in [1.807, 2.05) is 23.1 Å². The van der Waals surface area contributed by atoms with Crippen molar-refractivity contribution in [1.29, 1.82) is 0 Å². The number of likely N-dealkylation sites (tertiary alicyclic amines) is 1. The molecule has 4 rings (SSSR count). The van der Waals surface area contributed by atoms with E-state index >= 15 is 0 Å². The van der Waals surface area contributed by atoms with Gasteiger partial charge in [-0.05, 0) is 50.5 Å². The first-order chi connectivity index (χ1) is 14.6. The van der Waals surface area contributed by atoms with Gasteiger partial charge in [0.25, 0.3) is 5.91 Å². The highest BCUT2D eigenvalue weighted by atomic mass is 16.2. The summed E-state index contributed by atoms with van der Waals surface area (Å²) in [6.07, 6.45) is 10.2. The van der Waals surface area contributed by atoms with Crippen LogP contribution in [0.3, 0.4) is 0 Å². The zero-order chi connectivity index (χ0) is 20.9. The number of piperidine rings is 1. The van der Waals surface area contributed by atoms with Crippen LogP contribution in [-0.2, 0) is 16.0 Å². The second-order valence-electron chi connectivity index (χ2n) is 8.97. The van der Waals surface area contributed by atoms with Crippen molar-refractivity contribution in [3.63, 3.8) is 0 Å². The molecule has 3 fully saturated rings. The van der Waals surface area contributed by atoms with Crippen LogP contribution in [0.1, 0.15) is 69.8 Å². The smallest absolute Gasteiger partial charge is 0.325 e. The molecule has 6 heteroatoms. The number of imide groups is 1. The fourth-order valence-electron chi connectivity index (χ4n) is 5.27. The molecule has 3 aliphatic rings. The van der Waals surface area contributed by atoms with Crippen LogP contribution in [0.25, 0.3) is 0 Å². The van der Waals surface area contributed by atoms with Crippen LogP contribution in [0.4, 0.5) is 4.79 Å². The first kappa shape index (κ1) is 20.9. The van der Waals surface area contributed by atoms with Crippen LogP contribution in [0.2, 0.25) is 0 Å². The molecule has 1 aliphatic carbocycles. The van der Waals surface area contributed by atoms with E-state index in [9.17, 15) is 14.4 Å². The van der Waals surface area contributed by atoms with E-state index in [1.54, 1.807) is 0 Å². The van der Waals surface area contributed by atoms with Crippen LogP contribution < -0.4 is 5.32 Å². The number of amides is 4. The zero-order valence-electron chi connectivity index (χ0n) is 17.7. The van der Waals surface area contributed by atoms with Crippen molar-refractivity contribution in [2.24, 2.45) is 0 Å². The monoisotopic (exact) mass is 411 g/mol. The summed E-state index contributed by atoms with van der Waals surface area (Å²) >= 11 is 0. The largest absolute Gasteiger partial charge is 0.340 e. The molecular formula is C24H33N3O3. The average Bonchev–Trinajstić information content (AvgIpc) is 3.06. The number of nitrogens with zero attached hydrogens (tertiary/aromatic N) is 2. The second kappa shape index (κ2) is 9.63. The quantitative estimate of drug-likeness (QED) is 0.727. The lowest BCUT2D eigenvalue weighted by Crippen LogP contribution is -2.47. The second-order valence-corrected chi connectivity index (χ2v) is 8.97. The number of hydrogen-bond acceptors (Lipinski definition) is 3. The Morgan fingerprint density at radius 1 is 0.967 bits per heavy atom. The maximum atomic E-state index is 13.1. The molecule has 0 aromatic heterocycles. The summed E-state index contributed by atoms with van der Waals surface area (Å²) < 4.78 is 0. The highest BCUT2D eigenvalue weighted by Gasteiger charge is 2.43. The predicted molar refractivity (Wildman–Crippen MR) is 115 cm³/mol. The van der Waals surface area contributed by atoms with Crippen LogP contribution in [0.15, 0.2) is 30.3 Å². The Bertz CT molecular complexity index is 760. The molecule has 0 radical (unpaired) electrons. The van der Waals surface area contributed by atoms with Crippen molar-refractivity contribution >= 4 is 17.8 Å². The van der Waals surface area contributed by atoms with E-state index in [2.05, 4.69) is 17.4 Å². The third-order valence-corrected chi connectivity index (χ3v) is 6.93. The van der Waals surface area contributed by atoms with Crippen molar-refractivity contribution < 1.29 is 14.4 Å². The summed E-state index contributed by atoms with van der Waals surface area (Å²) in [5, 5.41) is 2.78. The number of nitrogens with one attached hydrogen (secondary N) is 1. The van der Waals surface area contributed by atoms with Crippen molar-refractivity contribution in [3.8, 4) is 0 Å². The number of aryl methyl sites for hydroxylation is 1. The van der Waals surface area contributed by atoms with E-state index in [0.29, 0.717) is 0 Å². The minimum absolute atomic E-state index is 0.0000374. The molecule has 2 saturated heterocycles. The number of benzene rings is 1.